The number of ether oxygens (including phenoxy) is 2. The lowest BCUT2D eigenvalue weighted by Gasteiger charge is -2.25. The van der Waals surface area contributed by atoms with Crippen LogP contribution in [0.25, 0.3) is 0 Å². The van der Waals surface area contributed by atoms with Gasteiger partial charge >= 0.3 is 0 Å². The minimum absolute atomic E-state index is 0.219. The zero-order chi connectivity index (χ0) is 14.2. The van der Waals surface area contributed by atoms with E-state index in [4.69, 9.17) is 9.47 Å². The molecule has 0 bridgehead atoms. The standard InChI is InChI=1S/C16H34O2/c1-14(2)18-12-10-16(6,7)13-17-11-8-9-15(3,4)5/h14H,8-13H2,1-7H3. The molecule has 0 spiro atoms. The highest BCUT2D eigenvalue weighted by Crippen LogP contribution is 2.23. The van der Waals surface area contributed by atoms with Gasteiger partial charge in [0.15, 0.2) is 0 Å². The van der Waals surface area contributed by atoms with Crippen LogP contribution in [0.5, 0.6) is 0 Å². The molecule has 110 valence electrons. The van der Waals surface area contributed by atoms with E-state index < -0.39 is 0 Å². The molecule has 0 saturated heterocycles. The van der Waals surface area contributed by atoms with E-state index in [0.29, 0.717) is 11.5 Å². The Morgan fingerprint density at radius 2 is 1.50 bits per heavy atom. The largest absolute Gasteiger partial charge is 0.381 e. The predicted octanol–water partition coefficient (Wildman–Crippen LogP) is 4.67. The minimum atomic E-state index is 0.219. The zero-order valence-corrected chi connectivity index (χ0v) is 13.6. The van der Waals surface area contributed by atoms with E-state index in [-0.39, 0.29) is 5.41 Å². The fourth-order valence-corrected chi connectivity index (χ4v) is 1.70. The quantitative estimate of drug-likeness (QED) is 0.559. The molecular formula is C16H34O2. The van der Waals surface area contributed by atoms with Gasteiger partial charge in [-0.25, -0.2) is 0 Å². The van der Waals surface area contributed by atoms with Crippen LogP contribution in [-0.4, -0.2) is 25.9 Å². The predicted molar refractivity (Wildman–Crippen MR) is 79.0 cm³/mol. The summed E-state index contributed by atoms with van der Waals surface area (Å²) in [5.41, 5.74) is 0.639. The average molecular weight is 258 g/mol. The normalized spacial score (nSPS) is 13.3. The smallest absolute Gasteiger partial charge is 0.0518 e. The van der Waals surface area contributed by atoms with E-state index in [1.54, 1.807) is 0 Å². The van der Waals surface area contributed by atoms with E-state index in [9.17, 15) is 0 Å². The summed E-state index contributed by atoms with van der Waals surface area (Å²) in [6.07, 6.45) is 3.77. The molecule has 0 rings (SSSR count). The van der Waals surface area contributed by atoms with Crippen molar-refractivity contribution in [2.75, 3.05) is 19.8 Å². The Hall–Kier alpha value is -0.0800. The fourth-order valence-electron chi connectivity index (χ4n) is 1.70. The van der Waals surface area contributed by atoms with Crippen LogP contribution in [0.15, 0.2) is 0 Å². The molecular weight excluding hydrogens is 224 g/mol. The van der Waals surface area contributed by atoms with Crippen LogP contribution in [0, 0.1) is 10.8 Å². The van der Waals surface area contributed by atoms with Gasteiger partial charge in [-0.3, -0.25) is 0 Å². The molecule has 18 heavy (non-hydrogen) atoms. The van der Waals surface area contributed by atoms with Crippen molar-refractivity contribution < 1.29 is 9.47 Å². The Labute approximate surface area is 114 Å². The van der Waals surface area contributed by atoms with Crippen molar-refractivity contribution in [1.29, 1.82) is 0 Å². The molecule has 0 aromatic carbocycles. The van der Waals surface area contributed by atoms with Crippen molar-refractivity contribution in [3.05, 3.63) is 0 Å². The molecule has 0 amide bonds. The number of hydrogen-bond donors (Lipinski definition) is 0. The van der Waals surface area contributed by atoms with Gasteiger partial charge in [-0.05, 0) is 43.9 Å². The van der Waals surface area contributed by atoms with Crippen molar-refractivity contribution in [1.82, 2.24) is 0 Å². The Morgan fingerprint density at radius 1 is 0.889 bits per heavy atom. The highest BCUT2D eigenvalue weighted by molar-refractivity contribution is 4.68. The van der Waals surface area contributed by atoms with Crippen LogP contribution in [0.2, 0.25) is 0 Å². The molecule has 0 aliphatic heterocycles. The van der Waals surface area contributed by atoms with Gasteiger partial charge in [0, 0.05) is 13.2 Å². The monoisotopic (exact) mass is 258 g/mol. The van der Waals surface area contributed by atoms with Crippen LogP contribution >= 0.6 is 0 Å². The van der Waals surface area contributed by atoms with Gasteiger partial charge in [0.2, 0.25) is 0 Å². The summed E-state index contributed by atoms with van der Waals surface area (Å²) in [4.78, 5) is 0. The minimum Gasteiger partial charge on any atom is -0.381 e. The molecule has 2 nitrogen and oxygen atoms in total. The van der Waals surface area contributed by atoms with Crippen LogP contribution < -0.4 is 0 Å². The van der Waals surface area contributed by atoms with Crippen LogP contribution in [0.3, 0.4) is 0 Å². The fraction of sp³-hybridized carbons (Fsp3) is 1.00. The van der Waals surface area contributed by atoms with Gasteiger partial charge in [-0.15, -0.1) is 0 Å². The van der Waals surface area contributed by atoms with E-state index >= 15 is 0 Å². The lowest BCUT2D eigenvalue weighted by Crippen LogP contribution is -2.23. The summed E-state index contributed by atoms with van der Waals surface area (Å²) >= 11 is 0. The second kappa shape index (κ2) is 8.16. The maximum absolute atomic E-state index is 5.80. The lowest BCUT2D eigenvalue weighted by molar-refractivity contribution is 0.0159. The molecule has 2 heteroatoms. The molecule has 0 fully saturated rings. The number of hydrogen-bond acceptors (Lipinski definition) is 2. The van der Waals surface area contributed by atoms with Gasteiger partial charge in [-0.1, -0.05) is 34.6 Å². The summed E-state index contributed by atoms with van der Waals surface area (Å²) in [6.45, 7) is 18.0. The Morgan fingerprint density at radius 3 is 2.00 bits per heavy atom. The molecule has 0 saturated carbocycles. The second-order valence-electron chi connectivity index (χ2n) is 7.55. The molecule has 0 atom stereocenters. The topological polar surface area (TPSA) is 18.5 Å². The first kappa shape index (κ1) is 17.9. The van der Waals surface area contributed by atoms with Crippen molar-refractivity contribution in [3.8, 4) is 0 Å². The SMILES string of the molecule is CC(C)OCCC(C)(C)COCCCC(C)(C)C. The third kappa shape index (κ3) is 12.4. The first-order chi connectivity index (χ1) is 8.12. The van der Waals surface area contributed by atoms with Gasteiger partial charge in [0.25, 0.3) is 0 Å². The van der Waals surface area contributed by atoms with Crippen molar-refractivity contribution in [2.45, 2.75) is 73.8 Å². The molecule has 0 radical (unpaired) electrons. The number of rotatable bonds is 9. The Kier molecular flexibility index (Phi) is 8.13. The van der Waals surface area contributed by atoms with Gasteiger partial charge in [-0.2, -0.15) is 0 Å². The second-order valence-corrected chi connectivity index (χ2v) is 7.55. The van der Waals surface area contributed by atoms with Crippen LogP contribution in [0.4, 0.5) is 0 Å². The lowest BCUT2D eigenvalue weighted by atomic mass is 9.90. The van der Waals surface area contributed by atoms with Crippen LogP contribution in [0.1, 0.15) is 67.7 Å². The molecule has 0 unspecified atom stereocenters. The van der Waals surface area contributed by atoms with Gasteiger partial charge in [0.1, 0.15) is 0 Å². The van der Waals surface area contributed by atoms with Crippen molar-refractivity contribution >= 4 is 0 Å². The van der Waals surface area contributed by atoms with E-state index in [0.717, 1.165) is 32.7 Å². The average Bonchev–Trinajstić information content (AvgIpc) is 2.13. The zero-order valence-electron chi connectivity index (χ0n) is 13.6. The highest BCUT2D eigenvalue weighted by Gasteiger charge is 2.18. The molecule has 0 aromatic rings. The molecule has 0 aromatic heterocycles. The molecule has 0 aliphatic rings. The van der Waals surface area contributed by atoms with E-state index in [1.165, 1.54) is 6.42 Å². The van der Waals surface area contributed by atoms with E-state index in [2.05, 4.69) is 48.5 Å². The summed E-state index contributed by atoms with van der Waals surface area (Å²) in [5, 5.41) is 0. The molecule has 0 N–H and O–H groups in total. The van der Waals surface area contributed by atoms with Crippen LogP contribution in [-0.2, 0) is 9.47 Å². The summed E-state index contributed by atoms with van der Waals surface area (Å²) in [5.74, 6) is 0. The van der Waals surface area contributed by atoms with E-state index in [1.807, 2.05) is 0 Å². The van der Waals surface area contributed by atoms with Crippen molar-refractivity contribution in [2.24, 2.45) is 10.8 Å². The summed E-state index contributed by atoms with van der Waals surface area (Å²) in [6, 6.07) is 0. The highest BCUT2D eigenvalue weighted by atomic mass is 16.5. The third-order valence-electron chi connectivity index (χ3n) is 2.94. The third-order valence-corrected chi connectivity index (χ3v) is 2.94. The molecule has 0 aliphatic carbocycles. The summed E-state index contributed by atoms with van der Waals surface area (Å²) < 4.78 is 11.4. The first-order valence-corrected chi connectivity index (χ1v) is 7.32. The first-order valence-electron chi connectivity index (χ1n) is 7.32. The summed E-state index contributed by atoms with van der Waals surface area (Å²) in [7, 11) is 0. The molecule has 0 heterocycles. The van der Waals surface area contributed by atoms with Gasteiger partial charge in [0.05, 0.1) is 12.7 Å². The maximum Gasteiger partial charge on any atom is 0.0518 e. The maximum atomic E-state index is 5.80. The van der Waals surface area contributed by atoms with Gasteiger partial charge < -0.3 is 9.47 Å². The Bertz CT molecular complexity index is 202. The van der Waals surface area contributed by atoms with Crippen molar-refractivity contribution in [3.63, 3.8) is 0 Å². The Balaban J connectivity index is 3.58.